The van der Waals surface area contributed by atoms with Crippen molar-refractivity contribution in [1.29, 1.82) is 0 Å². The third kappa shape index (κ3) is 4.88. The molecule has 116 valence electrons. The summed E-state index contributed by atoms with van der Waals surface area (Å²) >= 11 is 5.23. The summed E-state index contributed by atoms with van der Waals surface area (Å²) in [5.74, 6) is 1.09. The van der Waals surface area contributed by atoms with E-state index in [1.165, 1.54) is 32.1 Å². The van der Waals surface area contributed by atoms with Gasteiger partial charge in [-0.15, -0.1) is 0 Å². The highest BCUT2D eigenvalue weighted by Gasteiger charge is 2.13. The minimum absolute atomic E-state index is 0.358. The second kappa shape index (κ2) is 7.64. The van der Waals surface area contributed by atoms with Gasteiger partial charge in [0.1, 0.15) is 12.4 Å². The van der Waals surface area contributed by atoms with E-state index in [0.29, 0.717) is 17.5 Å². The van der Waals surface area contributed by atoms with Crippen molar-refractivity contribution in [2.45, 2.75) is 52.6 Å². The van der Waals surface area contributed by atoms with Gasteiger partial charge in [-0.05, 0) is 73.6 Å². The highest BCUT2D eigenvalue weighted by molar-refractivity contribution is 7.80. The van der Waals surface area contributed by atoms with E-state index in [2.05, 4.69) is 5.32 Å². The average molecular weight is 307 g/mol. The van der Waals surface area contributed by atoms with Crippen LogP contribution in [0.1, 0.15) is 48.8 Å². The SMILES string of the molecule is Cc1cc(COC(=S)NCC2CCCCC2)cc(C)c1O. The summed E-state index contributed by atoms with van der Waals surface area (Å²) < 4.78 is 5.61. The molecule has 0 aromatic heterocycles. The van der Waals surface area contributed by atoms with E-state index in [1.54, 1.807) is 0 Å². The van der Waals surface area contributed by atoms with Gasteiger partial charge >= 0.3 is 0 Å². The third-order valence-electron chi connectivity index (χ3n) is 4.18. The van der Waals surface area contributed by atoms with Gasteiger partial charge in [0.05, 0.1) is 0 Å². The van der Waals surface area contributed by atoms with Crippen molar-refractivity contribution in [2.24, 2.45) is 5.92 Å². The molecule has 1 fully saturated rings. The number of rotatable bonds is 4. The Hall–Kier alpha value is -1.29. The van der Waals surface area contributed by atoms with Crippen molar-refractivity contribution in [1.82, 2.24) is 5.32 Å². The molecule has 1 saturated carbocycles. The first-order valence-electron chi connectivity index (χ1n) is 7.76. The number of phenols is 1. The molecule has 0 bridgehead atoms. The Morgan fingerprint density at radius 1 is 1.24 bits per heavy atom. The molecule has 0 heterocycles. The number of benzene rings is 1. The molecule has 1 aliphatic carbocycles. The van der Waals surface area contributed by atoms with Gasteiger partial charge in [0.25, 0.3) is 5.17 Å². The zero-order chi connectivity index (χ0) is 15.2. The van der Waals surface area contributed by atoms with E-state index < -0.39 is 0 Å². The van der Waals surface area contributed by atoms with E-state index in [9.17, 15) is 5.11 Å². The molecular formula is C17H25NO2S. The minimum Gasteiger partial charge on any atom is -0.507 e. The van der Waals surface area contributed by atoms with Crippen LogP contribution in [0, 0.1) is 19.8 Å². The number of nitrogens with one attached hydrogen (secondary N) is 1. The number of aromatic hydroxyl groups is 1. The van der Waals surface area contributed by atoms with Crippen LogP contribution < -0.4 is 5.32 Å². The largest absolute Gasteiger partial charge is 0.507 e. The average Bonchev–Trinajstić information content (AvgIpc) is 2.49. The normalized spacial score (nSPS) is 15.7. The summed E-state index contributed by atoms with van der Waals surface area (Å²) in [6, 6.07) is 3.87. The molecule has 21 heavy (non-hydrogen) atoms. The van der Waals surface area contributed by atoms with Crippen molar-refractivity contribution in [3.8, 4) is 5.75 Å². The maximum atomic E-state index is 9.76. The Morgan fingerprint density at radius 2 is 1.86 bits per heavy atom. The van der Waals surface area contributed by atoms with Crippen molar-refractivity contribution in [2.75, 3.05) is 6.54 Å². The van der Waals surface area contributed by atoms with Crippen LogP contribution in [0.3, 0.4) is 0 Å². The van der Waals surface area contributed by atoms with Crippen molar-refractivity contribution < 1.29 is 9.84 Å². The molecule has 0 spiro atoms. The second-order valence-corrected chi connectivity index (χ2v) is 6.41. The molecule has 0 aliphatic heterocycles. The summed E-state index contributed by atoms with van der Waals surface area (Å²) in [4.78, 5) is 0. The summed E-state index contributed by atoms with van der Waals surface area (Å²) in [5.41, 5.74) is 2.77. The number of hydrogen-bond acceptors (Lipinski definition) is 3. The van der Waals surface area contributed by atoms with Crippen LogP contribution in [0.2, 0.25) is 0 Å². The van der Waals surface area contributed by atoms with Gasteiger partial charge in [-0.2, -0.15) is 0 Å². The highest BCUT2D eigenvalue weighted by atomic mass is 32.1. The van der Waals surface area contributed by atoms with E-state index in [0.717, 1.165) is 29.2 Å². The molecule has 0 atom stereocenters. The second-order valence-electron chi connectivity index (χ2n) is 6.04. The van der Waals surface area contributed by atoms with Crippen LogP contribution in [-0.4, -0.2) is 16.8 Å². The monoisotopic (exact) mass is 307 g/mol. The maximum absolute atomic E-state index is 9.76. The summed E-state index contributed by atoms with van der Waals surface area (Å²) in [6.07, 6.45) is 6.65. The predicted molar refractivity (Wildman–Crippen MR) is 89.5 cm³/mol. The zero-order valence-corrected chi connectivity index (χ0v) is 13.8. The molecule has 0 saturated heterocycles. The third-order valence-corrected chi connectivity index (χ3v) is 4.44. The summed E-state index contributed by atoms with van der Waals surface area (Å²) in [7, 11) is 0. The van der Waals surface area contributed by atoms with E-state index >= 15 is 0 Å². The lowest BCUT2D eigenvalue weighted by atomic mass is 9.89. The Labute approximate surface area is 132 Å². The van der Waals surface area contributed by atoms with Gasteiger partial charge in [0.2, 0.25) is 0 Å². The first-order valence-corrected chi connectivity index (χ1v) is 8.17. The molecule has 2 N–H and O–H groups in total. The van der Waals surface area contributed by atoms with Crippen molar-refractivity contribution in [3.05, 3.63) is 28.8 Å². The van der Waals surface area contributed by atoms with Crippen LogP contribution in [-0.2, 0) is 11.3 Å². The van der Waals surface area contributed by atoms with Crippen LogP contribution >= 0.6 is 12.2 Å². The Kier molecular flexibility index (Phi) is 5.85. The fourth-order valence-electron chi connectivity index (χ4n) is 2.95. The molecule has 0 radical (unpaired) electrons. The number of aryl methyl sites for hydroxylation is 2. The van der Waals surface area contributed by atoms with Crippen molar-refractivity contribution in [3.63, 3.8) is 0 Å². The molecule has 1 aromatic rings. The molecule has 1 aromatic carbocycles. The van der Waals surface area contributed by atoms with E-state index in [1.807, 2.05) is 26.0 Å². The smallest absolute Gasteiger partial charge is 0.256 e. The molecule has 3 nitrogen and oxygen atoms in total. The fraction of sp³-hybridized carbons (Fsp3) is 0.588. The standard InChI is InChI=1S/C17H25NO2S/c1-12-8-15(9-13(2)16(12)19)11-20-17(21)18-10-14-6-4-3-5-7-14/h8-9,14,19H,3-7,10-11H2,1-2H3,(H,18,21). The molecule has 4 heteroatoms. The molecule has 2 rings (SSSR count). The van der Waals surface area contributed by atoms with Crippen molar-refractivity contribution >= 4 is 17.4 Å². The molecule has 1 aliphatic rings. The van der Waals surface area contributed by atoms with Crippen LogP contribution in [0.25, 0.3) is 0 Å². The lowest BCUT2D eigenvalue weighted by Crippen LogP contribution is -2.30. The lowest BCUT2D eigenvalue weighted by molar-refractivity contribution is 0.277. The molecular weight excluding hydrogens is 282 g/mol. The van der Waals surface area contributed by atoms with Gasteiger partial charge < -0.3 is 15.2 Å². The van der Waals surface area contributed by atoms with E-state index in [4.69, 9.17) is 17.0 Å². The van der Waals surface area contributed by atoms with Gasteiger partial charge in [0.15, 0.2) is 0 Å². The van der Waals surface area contributed by atoms with E-state index in [-0.39, 0.29) is 0 Å². The number of thiocarbonyl (C=S) groups is 1. The number of ether oxygens (including phenoxy) is 1. The lowest BCUT2D eigenvalue weighted by Gasteiger charge is -2.22. The Bertz CT molecular complexity index is 473. The number of hydrogen-bond donors (Lipinski definition) is 2. The summed E-state index contributed by atoms with van der Waals surface area (Å²) in [5, 5.41) is 13.5. The van der Waals surface area contributed by atoms with Crippen LogP contribution in [0.4, 0.5) is 0 Å². The van der Waals surface area contributed by atoms with Crippen LogP contribution in [0.5, 0.6) is 5.75 Å². The molecule has 0 amide bonds. The van der Waals surface area contributed by atoms with Gasteiger partial charge in [-0.3, -0.25) is 0 Å². The first-order chi connectivity index (χ1) is 10.1. The highest BCUT2D eigenvalue weighted by Crippen LogP contribution is 2.24. The van der Waals surface area contributed by atoms with Crippen LogP contribution in [0.15, 0.2) is 12.1 Å². The minimum atomic E-state index is 0.358. The maximum Gasteiger partial charge on any atom is 0.256 e. The van der Waals surface area contributed by atoms with Gasteiger partial charge in [0, 0.05) is 6.54 Å². The van der Waals surface area contributed by atoms with Gasteiger partial charge in [-0.1, -0.05) is 19.3 Å². The Morgan fingerprint density at radius 3 is 2.48 bits per heavy atom. The number of phenolic OH excluding ortho intramolecular Hbond substituents is 1. The first kappa shape index (κ1) is 16.1. The quantitative estimate of drug-likeness (QED) is 0.826. The summed E-state index contributed by atoms with van der Waals surface area (Å²) in [6.45, 7) is 5.15. The fourth-order valence-corrected chi connectivity index (χ4v) is 3.09. The zero-order valence-electron chi connectivity index (χ0n) is 12.9. The molecule has 0 unspecified atom stereocenters. The topological polar surface area (TPSA) is 41.5 Å². The Balaban J connectivity index is 1.75. The van der Waals surface area contributed by atoms with Gasteiger partial charge in [-0.25, -0.2) is 0 Å². The predicted octanol–water partition coefficient (Wildman–Crippen LogP) is 3.98.